The summed E-state index contributed by atoms with van der Waals surface area (Å²) in [5, 5.41) is 12.6. The summed E-state index contributed by atoms with van der Waals surface area (Å²) in [7, 11) is 0. The smallest absolute Gasteiger partial charge is 0.0638 e. The summed E-state index contributed by atoms with van der Waals surface area (Å²) < 4.78 is 0. The van der Waals surface area contributed by atoms with Crippen molar-refractivity contribution in [2.75, 3.05) is 0 Å². The summed E-state index contributed by atoms with van der Waals surface area (Å²) in [6, 6.07) is 10.4. The standard InChI is InChI=1S/C12H15ClN2/c1-9(7-8-14)15-10(2)11-3-5-12(13)6-4-11/h3-6,9-10,15H,7H2,1-2H3. The fourth-order valence-corrected chi connectivity index (χ4v) is 1.60. The molecule has 0 aromatic heterocycles. The molecule has 0 saturated heterocycles. The monoisotopic (exact) mass is 222 g/mol. The van der Waals surface area contributed by atoms with Gasteiger partial charge in [0.25, 0.3) is 0 Å². The van der Waals surface area contributed by atoms with E-state index in [-0.39, 0.29) is 12.1 Å². The van der Waals surface area contributed by atoms with Crippen LogP contribution >= 0.6 is 11.6 Å². The first-order valence-corrected chi connectivity index (χ1v) is 5.39. The van der Waals surface area contributed by atoms with E-state index in [0.29, 0.717) is 6.42 Å². The highest BCUT2D eigenvalue weighted by atomic mass is 35.5. The Morgan fingerprint density at radius 2 is 1.93 bits per heavy atom. The van der Waals surface area contributed by atoms with Crippen LogP contribution in [0, 0.1) is 11.3 Å². The Bertz CT molecular complexity index is 340. The number of nitriles is 1. The molecule has 1 rings (SSSR count). The van der Waals surface area contributed by atoms with Gasteiger partial charge in [-0.3, -0.25) is 0 Å². The molecular weight excluding hydrogens is 208 g/mol. The van der Waals surface area contributed by atoms with E-state index >= 15 is 0 Å². The molecule has 0 radical (unpaired) electrons. The largest absolute Gasteiger partial charge is 0.307 e. The van der Waals surface area contributed by atoms with E-state index in [1.54, 1.807) is 0 Å². The van der Waals surface area contributed by atoms with E-state index < -0.39 is 0 Å². The number of rotatable bonds is 4. The number of hydrogen-bond acceptors (Lipinski definition) is 2. The minimum absolute atomic E-state index is 0.209. The van der Waals surface area contributed by atoms with Gasteiger partial charge in [-0.2, -0.15) is 5.26 Å². The van der Waals surface area contributed by atoms with Crippen molar-refractivity contribution in [3.05, 3.63) is 34.9 Å². The molecule has 2 nitrogen and oxygen atoms in total. The van der Waals surface area contributed by atoms with Gasteiger partial charge >= 0.3 is 0 Å². The fraction of sp³-hybridized carbons (Fsp3) is 0.417. The van der Waals surface area contributed by atoms with E-state index in [0.717, 1.165) is 5.02 Å². The van der Waals surface area contributed by atoms with Crippen LogP contribution in [0.25, 0.3) is 0 Å². The van der Waals surface area contributed by atoms with Crippen LogP contribution in [0.15, 0.2) is 24.3 Å². The summed E-state index contributed by atoms with van der Waals surface area (Å²) in [4.78, 5) is 0. The molecule has 0 bridgehead atoms. The van der Waals surface area contributed by atoms with Crippen molar-refractivity contribution >= 4 is 11.6 Å². The Balaban J connectivity index is 2.57. The maximum Gasteiger partial charge on any atom is 0.0638 e. The molecule has 2 atom stereocenters. The van der Waals surface area contributed by atoms with E-state index in [4.69, 9.17) is 16.9 Å². The summed E-state index contributed by atoms with van der Waals surface area (Å²) in [5.74, 6) is 0. The Morgan fingerprint density at radius 3 is 2.47 bits per heavy atom. The van der Waals surface area contributed by atoms with Crippen LogP contribution in [0.5, 0.6) is 0 Å². The van der Waals surface area contributed by atoms with Gasteiger partial charge in [-0.15, -0.1) is 0 Å². The molecular formula is C12H15ClN2. The lowest BCUT2D eigenvalue weighted by Crippen LogP contribution is -2.28. The second kappa shape index (κ2) is 5.75. The number of benzene rings is 1. The Kier molecular flexibility index (Phi) is 4.61. The molecule has 0 aliphatic rings. The molecule has 0 saturated carbocycles. The normalized spacial score (nSPS) is 14.3. The SMILES string of the molecule is CC(CC#N)NC(C)c1ccc(Cl)cc1. The van der Waals surface area contributed by atoms with Gasteiger partial charge in [0.15, 0.2) is 0 Å². The van der Waals surface area contributed by atoms with Crippen LogP contribution in [0.1, 0.15) is 31.9 Å². The van der Waals surface area contributed by atoms with Gasteiger partial charge in [0, 0.05) is 17.1 Å². The highest BCUT2D eigenvalue weighted by Gasteiger charge is 2.08. The minimum atomic E-state index is 0.209. The Morgan fingerprint density at radius 1 is 1.33 bits per heavy atom. The quantitative estimate of drug-likeness (QED) is 0.849. The van der Waals surface area contributed by atoms with E-state index in [9.17, 15) is 0 Å². The summed E-state index contributed by atoms with van der Waals surface area (Å²) in [5.41, 5.74) is 1.18. The van der Waals surface area contributed by atoms with Crippen LogP contribution in [-0.4, -0.2) is 6.04 Å². The Hall–Kier alpha value is -1.04. The van der Waals surface area contributed by atoms with Crippen LogP contribution in [0.2, 0.25) is 5.02 Å². The number of halogens is 1. The highest BCUT2D eigenvalue weighted by molar-refractivity contribution is 6.30. The zero-order valence-electron chi connectivity index (χ0n) is 9.00. The molecule has 1 N–H and O–H groups in total. The third kappa shape index (κ3) is 3.91. The molecule has 0 fully saturated rings. The number of nitrogens with one attached hydrogen (secondary N) is 1. The topological polar surface area (TPSA) is 35.8 Å². The molecule has 80 valence electrons. The second-order valence-corrected chi connectivity index (χ2v) is 4.14. The van der Waals surface area contributed by atoms with Crippen molar-refractivity contribution in [2.45, 2.75) is 32.4 Å². The van der Waals surface area contributed by atoms with Gasteiger partial charge < -0.3 is 5.32 Å². The van der Waals surface area contributed by atoms with Gasteiger partial charge in [-0.05, 0) is 31.5 Å². The summed E-state index contributed by atoms with van der Waals surface area (Å²) in [6.45, 7) is 4.09. The van der Waals surface area contributed by atoms with E-state index in [2.05, 4.69) is 18.3 Å². The van der Waals surface area contributed by atoms with Crippen molar-refractivity contribution in [2.24, 2.45) is 0 Å². The average Bonchev–Trinajstić information content (AvgIpc) is 2.18. The molecule has 0 heterocycles. The van der Waals surface area contributed by atoms with Crippen molar-refractivity contribution in [1.82, 2.24) is 5.32 Å². The molecule has 0 aliphatic heterocycles. The van der Waals surface area contributed by atoms with Crippen molar-refractivity contribution in [3.63, 3.8) is 0 Å². The molecule has 3 heteroatoms. The molecule has 0 spiro atoms. The third-order valence-corrected chi connectivity index (χ3v) is 2.55. The van der Waals surface area contributed by atoms with Crippen molar-refractivity contribution in [1.29, 1.82) is 5.26 Å². The lowest BCUT2D eigenvalue weighted by molar-refractivity contribution is 0.485. The first-order chi connectivity index (χ1) is 7.13. The first kappa shape index (κ1) is 12.0. The molecule has 15 heavy (non-hydrogen) atoms. The maximum absolute atomic E-state index is 8.55. The predicted octanol–water partition coefficient (Wildman–Crippen LogP) is 3.29. The minimum Gasteiger partial charge on any atom is -0.307 e. The lowest BCUT2D eigenvalue weighted by Gasteiger charge is -2.18. The number of nitrogens with zero attached hydrogens (tertiary/aromatic N) is 1. The van der Waals surface area contributed by atoms with Crippen LogP contribution in [0.4, 0.5) is 0 Å². The van der Waals surface area contributed by atoms with Gasteiger partial charge in [-0.25, -0.2) is 0 Å². The molecule has 0 aliphatic carbocycles. The molecule has 1 aromatic carbocycles. The second-order valence-electron chi connectivity index (χ2n) is 3.70. The number of hydrogen-bond donors (Lipinski definition) is 1. The van der Waals surface area contributed by atoms with Gasteiger partial charge in [0.05, 0.1) is 12.5 Å². The highest BCUT2D eigenvalue weighted by Crippen LogP contribution is 2.16. The Labute approximate surface area is 95.9 Å². The van der Waals surface area contributed by atoms with E-state index in [1.807, 2.05) is 31.2 Å². The summed E-state index contributed by atoms with van der Waals surface area (Å²) >= 11 is 5.81. The summed E-state index contributed by atoms with van der Waals surface area (Å²) in [6.07, 6.45) is 0.526. The van der Waals surface area contributed by atoms with Crippen molar-refractivity contribution in [3.8, 4) is 6.07 Å². The fourth-order valence-electron chi connectivity index (χ4n) is 1.47. The third-order valence-electron chi connectivity index (χ3n) is 2.30. The predicted molar refractivity (Wildman–Crippen MR) is 62.7 cm³/mol. The average molecular weight is 223 g/mol. The first-order valence-electron chi connectivity index (χ1n) is 5.02. The molecule has 2 unspecified atom stereocenters. The van der Waals surface area contributed by atoms with Gasteiger partial charge in [0.2, 0.25) is 0 Å². The van der Waals surface area contributed by atoms with Crippen LogP contribution in [-0.2, 0) is 0 Å². The lowest BCUT2D eigenvalue weighted by atomic mass is 10.1. The maximum atomic E-state index is 8.55. The molecule has 1 aromatic rings. The van der Waals surface area contributed by atoms with Crippen LogP contribution < -0.4 is 5.32 Å². The zero-order chi connectivity index (χ0) is 11.3. The van der Waals surface area contributed by atoms with Crippen LogP contribution in [0.3, 0.4) is 0 Å². The van der Waals surface area contributed by atoms with Gasteiger partial charge in [-0.1, -0.05) is 23.7 Å². The molecule has 0 amide bonds. The zero-order valence-corrected chi connectivity index (χ0v) is 9.75. The van der Waals surface area contributed by atoms with Crippen molar-refractivity contribution < 1.29 is 0 Å². The van der Waals surface area contributed by atoms with Gasteiger partial charge in [0.1, 0.15) is 0 Å². The van der Waals surface area contributed by atoms with E-state index in [1.165, 1.54) is 5.56 Å².